The summed E-state index contributed by atoms with van der Waals surface area (Å²) < 4.78 is 0. The lowest BCUT2D eigenvalue weighted by atomic mass is 10.0. The van der Waals surface area contributed by atoms with E-state index in [1.807, 2.05) is 79.7 Å². The van der Waals surface area contributed by atoms with E-state index in [-0.39, 0.29) is 5.91 Å². The maximum atomic E-state index is 13.0. The summed E-state index contributed by atoms with van der Waals surface area (Å²) in [6, 6.07) is 19.3. The summed E-state index contributed by atoms with van der Waals surface area (Å²) in [4.78, 5) is 17.7. The average Bonchev–Trinajstić information content (AvgIpc) is 2.77. The minimum Gasteiger partial charge on any atom is -0.267 e. The zero-order chi connectivity index (χ0) is 20.2. The van der Waals surface area contributed by atoms with Gasteiger partial charge in [0.2, 0.25) is 0 Å². The molecular weight excluding hydrogens is 382 g/mol. The van der Waals surface area contributed by atoms with Gasteiger partial charge in [0.05, 0.1) is 22.5 Å². The molecule has 5 heteroatoms. The van der Waals surface area contributed by atoms with Crippen LogP contribution in [0.3, 0.4) is 0 Å². The first-order chi connectivity index (χ1) is 14.1. The van der Waals surface area contributed by atoms with E-state index < -0.39 is 0 Å². The van der Waals surface area contributed by atoms with Crippen LogP contribution in [0, 0.1) is 0 Å². The number of rotatable bonds is 4. The van der Waals surface area contributed by atoms with E-state index in [1.54, 1.807) is 0 Å². The van der Waals surface area contributed by atoms with Crippen molar-refractivity contribution in [1.82, 2.24) is 10.4 Å². The van der Waals surface area contributed by atoms with Crippen molar-refractivity contribution in [2.24, 2.45) is 5.10 Å². The van der Waals surface area contributed by atoms with Crippen LogP contribution in [0.15, 0.2) is 88.5 Å². The van der Waals surface area contributed by atoms with Crippen LogP contribution in [0.25, 0.3) is 22.2 Å². The zero-order valence-corrected chi connectivity index (χ0v) is 16.8. The maximum Gasteiger partial charge on any atom is 0.272 e. The van der Waals surface area contributed by atoms with Crippen LogP contribution >= 0.6 is 11.6 Å². The van der Waals surface area contributed by atoms with Gasteiger partial charge in [-0.2, -0.15) is 5.10 Å². The third-order valence-corrected chi connectivity index (χ3v) is 5.23. The molecule has 1 amide bonds. The first kappa shape index (κ1) is 19.1. The van der Waals surface area contributed by atoms with Crippen LogP contribution in [0.5, 0.6) is 0 Å². The highest BCUT2D eigenvalue weighted by molar-refractivity contribution is 6.29. The molecule has 0 saturated heterocycles. The first-order valence-electron chi connectivity index (χ1n) is 9.47. The van der Waals surface area contributed by atoms with Crippen LogP contribution in [0.2, 0.25) is 0 Å². The maximum absolute atomic E-state index is 13.0. The molecule has 0 atom stereocenters. The molecule has 0 unspecified atom stereocenters. The average molecular weight is 402 g/mol. The normalized spacial score (nSPS) is 14.3. The van der Waals surface area contributed by atoms with Crippen molar-refractivity contribution in [3.05, 3.63) is 89.0 Å². The Balaban J connectivity index is 1.67. The highest BCUT2D eigenvalue weighted by Crippen LogP contribution is 2.25. The minimum atomic E-state index is -0.259. The summed E-state index contributed by atoms with van der Waals surface area (Å²) in [6.45, 7) is 1.89. The van der Waals surface area contributed by atoms with Crippen LogP contribution in [-0.2, 0) is 0 Å². The Morgan fingerprint density at radius 1 is 1.03 bits per heavy atom. The number of halogens is 1. The van der Waals surface area contributed by atoms with Gasteiger partial charge in [0.25, 0.3) is 5.91 Å². The molecular formula is C24H20ClN3O. The Labute approximate surface area is 174 Å². The van der Waals surface area contributed by atoms with Crippen LogP contribution in [-0.4, -0.2) is 16.6 Å². The predicted octanol–water partition coefficient (Wildman–Crippen LogP) is 5.85. The van der Waals surface area contributed by atoms with E-state index in [1.165, 1.54) is 0 Å². The van der Waals surface area contributed by atoms with Gasteiger partial charge in [0, 0.05) is 16.0 Å². The van der Waals surface area contributed by atoms with Crippen molar-refractivity contribution in [2.45, 2.75) is 19.8 Å². The largest absolute Gasteiger partial charge is 0.272 e. The minimum absolute atomic E-state index is 0.259. The predicted molar refractivity (Wildman–Crippen MR) is 119 cm³/mol. The van der Waals surface area contributed by atoms with Crippen LogP contribution in [0.4, 0.5) is 0 Å². The molecule has 29 heavy (non-hydrogen) atoms. The summed E-state index contributed by atoms with van der Waals surface area (Å²) in [5.41, 5.74) is 7.59. The SMILES string of the molecule is C/C(=N\NC(=O)c1cc(-c2ccccc2)nc2ccccc12)C1=CC=C(Cl)CC1. The number of aromatic nitrogens is 1. The summed E-state index contributed by atoms with van der Waals surface area (Å²) in [5, 5.41) is 5.95. The number of nitrogens with one attached hydrogen (secondary N) is 1. The molecule has 0 radical (unpaired) electrons. The highest BCUT2D eigenvalue weighted by atomic mass is 35.5. The lowest BCUT2D eigenvalue weighted by Crippen LogP contribution is -2.20. The molecule has 0 aliphatic heterocycles. The number of para-hydroxylation sites is 1. The first-order valence-corrected chi connectivity index (χ1v) is 9.85. The Bertz CT molecular complexity index is 1160. The number of benzene rings is 2. The third kappa shape index (κ3) is 4.28. The fourth-order valence-electron chi connectivity index (χ4n) is 3.30. The molecule has 2 aromatic carbocycles. The topological polar surface area (TPSA) is 54.4 Å². The Hall–Kier alpha value is -3.24. The summed E-state index contributed by atoms with van der Waals surface area (Å²) in [6.07, 6.45) is 5.44. The van der Waals surface area contributed by atoms with E-state index in [4.69, 9.17) is 16.6 Å². The van der Waals surface area contributed by atoms with E-state index in [0.29, 0.717) is 5.56 Å². The molecule has 4 rings (SSSR count). The summed E-state index contributed by atoms with van der Waals surface area (Å²) in [5.74, 6) is -0.259. The van der Waals surface area contributed by atoms with Crippen molar-refractivity contribution >= 4 is 34.1 Å². The van der Waals surface area contributed by atoms with Gasteiger partial charge < -0.3 is 0 Å². The monoisotopic (exact) mass is 401 g/mol. The second-order valence-electron chi connectivity index (χ2n) is 6.88. The van der Waals surface area contributed by atoms with Gasteiger partial charge in [0.15, 0.2) is 0 Å². The zero-order valence-electron chi connectivity index (χ0n) is 16.0. The summed E-state index contributed by atoms with van der Waals surface area (Å²) in [7, 11) is 0. The lowest BCUT2D eigenvalue weighted by Gasteiger charge is -2.12. The second kappa shape index (κ2) is 8.41. The van der Waals surface area contributed by atoms with Gasteiger partial charge in [-0.15, -0.1) is 0 Å². The molecule has 4 nitrogen and oxygen atoms in total. The number of carbonyl (C=O) groups is 1. The molecule has 1 aliphatic rings. The van der Waals surface area contributed by atoms with Crippen molar-refractivity contribution < 1.29 is 4.79 Å². The van der Waals surface area contributed by atoms with E-state index in [9.17, 15) is 4.79 Å². The number of hydrogen-bond donors (Lipinski definition) is 1. The van der Waals surface area contributed by atoms with Crippen molar-refractivity contribution in [3.63, 3.8) is 0 Å². The molecule has 0 fully saturated rings. The molecule has 1 N–H and O–H groups in total. The van der Waals surface area contributed by atoms with Gasteiger partial charge >= 0.3 is 0 Å². The number of nitrogens with zero attached hydrogens (tertiary/aromatic N) is 2. The Morgan fingerprint density at radius 3 is 2.55 bits per heavy atom. The molecule has 144 valence electrons. The van der Waals surface area contributed by atoms with Gasteiger partial charge in [-0.3, -0.25) is 4.79 Å². The van der Waals surface area contributed by atoms with E-state index >= 15 is 0 Å². The van der Waals surface area contributed by atoms with Gasteiger partial charge in [-0.1, -0.05) is 66.2 Å². The fraction of sp³-hybridized carbons (Fsp3) is 0.125. The van der Waals surface area contributed by atoms with Crippen molar-refractivity contribution in [1.29, 1.82) is 0 Å². The molecule has 0 spiro atoms. The van der Waals surface area contributed by atoms with Gasteiger partial charge in [-0.05, 0) is 43.5 Å². The van der Waals surface area contributed by atoms with Crippen molar-refractivity contribution in [2.75, 3.05) is 0 Å². The van der Waals surface area contributed by atoms with Crippen molar-refractivity contribution in [3.8, 4) is 11.3 Å². The number of carbonyl (C=O) groups excluding carboxylic acids is 1. The molecule has 1 aromatic heterocycles. The Kier molecular flexibility index (Phi) is 5.54. The van der Waals surface area contributed by atoms with Crippen LogP contribution < -0.4 is 5.43 Å². The highest BCUT2D eigenvalue weighted by Gasteiger charge is 2.14. The summed E-state index contributed by atoms with van der Waals surface area (Å²) >= 11 is 6.02. The number of pyridine rings is 1. The molecule has 0 saturated carbocycles. The second-order valence-corrected chi connectivity index (χ2v) is 7.37. The molecule has 0 bridgehead atoms. The number of hydrazone groups is 1. The standard InChI is InChI=1S/C24H20ClN3O/c1-16(17-11-13-19(25)14-12-17)27-28-24(29)21-15-23(18-7-3-2-4-8-18)26-22-10-6-5-9-20(21)22/h2-11,13,15H,12,14H2,1H3,(H,28,29)/b27-16+. The molecule has 1 heterocycles. The smallest absolute Gasteiger partial charge is 0.267 e. The van der Waals surface area contributed by atoms with Crippen LogP contribution in [0.1, 0.15) is 30.1 Å². The molecule has 3 aromatic rings. The number of amides is 1. The van der Waals surface area contributed by atoms with Gasteiger partial charge in [0.1, 0.15) is 0 Å². The third-order valence-electron chi connectivity index (χ3n) is 4.92. The Morgan fingerprint density at radius 2 is 1.79 bits per heavy atom. The lowest BCUT2D eigenvalue weighted by molar-refractivity contribution is 0.0956. The quantitative estimate of drug-likeness (QED) is 0.440. The number of fused-ring (bicyclic) bond motifs is 1. The number of hydrogen-bond acceptors (Lipinski definition) is 3. The van der Waals surface area contributed by atoms with Gasteiger partial charge in [-0.25, -0.2) is 10.4 Å². The fourth-order valence-corrected chi connectivity index (χ4v) is 3.46. The van der Waals surface area contributed by atoms with E-state index in [0.717, 1.165) is 51.3 Å². The number of allylic oxidation sites excluding steroid dienone is 4. The van der Waals surface area contributed by atoms with E-state index in [2.05, 4.69) is 10.5 Å². The molecule has 1 aliphatic carbocycles.